The molecule has 8 heteroatoms. The molecule has 0 bridgehead atoms. The molecule has 0 aliphatic rings. The van der Waals surface area contributed by atoms with Crippen LogP contribution in [0, 0.1) is 6.92 Å². The number of rotatable bonds is 6. The largest absolute Gasteiger partial charge is 0.433 e. The Hall–Kier alpha value is -2.84. The number of hydrogen-bond donors (Lipinski definition) is 0. The summed E-state index contributed by atoms with van der Waals surface area (Å²) in [5.74, 6) is 0.349. The van der Waals surface area contributed by atoms with Gasteiger partial charge in [0.05, 0.1) is 0 Å². The molecule has 33 heavy (non-hydrogen) atoms. The second kappa shape index (κ2) is 10.4. The maximum Gasteiger partial charge on any atom is 0.394 e. The van der Waals surface area contributed by atoms with Gasteiger partial charge < -0.3 is 9.47 Å². The Morgan fingerprint density at radius 1 is 0.636 bits per heavy atom. The van der Waals surface area contributed by atoms with Gasteiger partial charge in [0.1, 0.15) is 11.5 Å². The first kappa shape index (κ1) is 24.8. The van der Waals surface area contributed by atoms with Crippen LogP contribution in [0.3, 0.4) is 0 Å². The third kappa shape index (κ3) is 8.22. The summed E-state index contributed by atoms with van der Waals surface area (Å²) < 4.78 is 59.3. The molecule has 0 aliphatic carbocycles. The van der Waals surface area contributed by atoms with Gasteiger partial charge in [-0.2, -0.15) is 17.6 Å². The van der Waals surface area contributed by atoms with Crippen LogP contribution in [0.25, 0.3) is 20.9 Å². The SMILES string of the molecule is CC(F)(F)Oc1ccc(-c2cccs2)cc1.Cc1ccc(-c2ccc(OC(C)(F)F)cc2)s1. The van der Waals surface area contributed by atoms with Crippen molar-refractivity contribution in [2.24, 2.45) is 0 Å². The van der Waals surface area contributed by atoms with Crippen LogP contribution < -0.4 is 9.47 Å². The van der Waals surface area contributed by atoms with Crippen LogP contribution in [-0.2, 0) is 0 Å². The van der Waals surface area contributed by atoms with E-state index in [1.54, 1.807) is 71.2 Å². The standard InChI is InChI=1S/C13H12F2OS.C12H10F2OS/c1-9-3-8-12(17-9)10-4-6-11(7-5-10)16-13(2,14)15;1-12(13,14)15-10-6-4-9(5-7-10)11-3-2-8-16-11/h3-8H,1-2H3;2-8H,1H3. The molecule has 0 saturated carbocycles. The van der Waals surface area contributed by atoms with Crippen molar-refractivity contribution in [3.8, 4) is 32.4 Å². The zero-order valence-electron chi connectivity index (χ0n) is 18.2. The topological polar surface area (TPSA) is 18.5 Å². The molecule has 0 saturated heterocycles. The fourth-order valence-corrected chi connectivity index (χ4v) is 4.43. The van der Waals surface area contributed by atoms with Gasteiger partial charge in [0.25, 0.3) is 0 Å². The molecule has 174 valence electrons. The van der Waals surface area contributed by atoms with Crippen molar-refractivity contribution in [3.05, 3.63) is 83.1 Å². The summed E-state index contributed by atoms with van der Waals surface area (Å²) in [5.41, 5.74) is 2.01. The Bertz CT molecular complexity index is 1130. The Morgan fingerprint density at radius 2 is 1.12 bits per heavy atom. The summed E-state index contributed by atoms with van der Waals surface area (Å²) in [6.45, 7) is 3.48. The van der Waals surface area contributed by atoms with E-state index in [0.717, 1.165) is 34.7 Å². The van der Waals surface area contributed by atoms with E-state index in [1.807, 2.05) is 36.6 Å². The lowest BCUT2D eigenvalue weighted by Gasteiger charge is -2.12. The van der Waals surface area contributed by atoms with Crippen LogP contribution in [0.2, 0.25) is 0 Å². The van der Waals surface area contributed by atoms with Gasteiger partial charge in [0.2, 0.25) is 0 Å². The molecule has 0 N–H and O–H groups in total. The molecule has 2 aromatic heterocycles. The molecular formula is C25H22F4O2S2. The van der Waals surface area contributed by atoms with E-state index < -0.39 is 12.2 Å². The van der Waals surface area contributed by atoms with Gasteiger partial charge >= 0.3 is 12.2 Å². The highest BCUT2D eigenvalue weighted by Crippen LogP contribution is 2.30. The third-order valence-electron chi connectivity index (χ3n) is 4.13. The van der Waals surface area contributed by atoms with E-state index in [1.165, 1.54) is 4.88 Å². The fraction of sp³-hybridized carbons (Fsp3) is 0.200. The molecule has 0 aliphatic heterocycles. The number of thiophene rings is 2. The molecule has 0 spiro atoms. The number of ether oxygens (including phenoxy) is 2. The van der Waals surface area contributed by atoms with E-state index in [2.05, 4.69) is 9.47 Å². The van der Waals surface area contributed by atoms with Gasteiger partial charge in [0.15, 0.2) is 0 Å². The van der Waals surface area contributed by atoms with Gasteiger partial charge in [-0.05, 0) is 90.2 Å². The van der Waals surface area contributed by atoms with Gasteiger partial charge in [-0.15, -0.1) is 22.7 Å². The van der Waals surface area contributed by atoms with Gasteiger partial charge in [-0.25, -0.2) is 0 Å². The van der Waals surface area contributed by atoms with E-state index in [9.17, 15) is 17.6 Å². The maximum absolute atomic E-state index is 12.6. The van der Waals surface area contributed by atoms with Crippen LogP contribution in [0.15, 0.2) is 78.2 Å². The first-order valence-electron chi connectivity index (χ1n) is 9.93. The van der Waals surface area contributed by atoms with Crippen molar-refractivity contribution < 1.29 is 27.0 Å². The fourth-order valence-electron chi connectivity index (χ4n) is 2.82. The first-order valence-corrected chi connectivity index (χ1v) is 11.6. The van der Waals surface area contributed by atoms with E-state index in [-0.39, 0.29) is 11.5 Å². The van der Waals surface area contributed by atoms with E-state index in [0.29, 0.717) is 0 Å². The van der Waals surface area contributed by atoms with E-state index >= 15 is 0 Å². The summed E-state index contributed by atoms with van der Waals surface area (Å²) in [6.07, 6.45) is -6.27. The van der Waals surface area contributed by atoms with Crippen LogP contribution in [0.5, 0.6) is 11.5 Å². The number of hydrogen-bond acceptors (Lipinski definition) is 4. The molecule has 4 aromatic rings. The zero-order valence-corrected chi connectivity index (χ0v) is 19.8. The predicted molar refractivity (Wildman–Crippen MR) is 127 cm³/mol. The highest BCUT2D eigenvalue weighted by atomic mass is 32.1. The minimum Gasteiger partial charge on any atom is -0.433 e. The molecule has 0 atom stereocenters. The summed E-state index contributed by atoms with van der Waals surface area (Å²) in [4.78, 5) is 3.45. The number of aryl methyl sites for hydroxylation is 1. The van der Waals surface area contributed by atoms with Crippen LogP contribution >= 0.6 is 22.7 Å². The number of halogens is 4. The Morgan fingerprint density at radius 3 is 1.48 bits per heavy atom. The van der Waals surface area contributed by atoms with Crippen molar-refractivity contribution in [2.75, 3.05) is 0 Å². The summed E-state index contributed by atoms with van der Waals surface area (Å²) in [6, 6.07) is 21.3. The molecule has 4 rings (SSSR count). The average molecular weight is 495 g/mol. The smallest absolute Gasteiger partial charge is 0.394 e. The quantitative estimate of drug-likeness (QED) is 0.249. The van der Waals surface area contributed by atoms with Gasteiger partial charge in [-0.1, -0.05) is 6.07 Å². The van der Waals surface area contributed by atoms with Crippen molar-refractivity contribution in [1.29, 1.82) is 0 Å². The minimum atomic E-state index is -3.14. The normalized spacial score (nSPS) is 11.5. The Labute approximate surface area is 198 Å². The van der Waals surface area contributed by atoms with Gasteiger partial charge in [-0.3, -0.25) is 0 Å². The number of benzene rings is 2. The van der Waals surface area contributed by atoms with Crippen molar-refractivity contribution in [1.82, 2.24) is 0 Å². The molecular weight excluding hydrogens is 472 g/mol. The summed E-state index contributed by atoms with van der Waals surface area (Å²) >= 11 is 3.28. The summed E-state index contributed by atoms with van der Waals surface area (Å²) in [7, 11) is 0. The minimum absolute atomic E-state index is 0.174. The first-order chi connectivity index (χ1) is 15.5. The highest BCUT2D eigenvalue weighted by molar-refractivity contribution is 7.15. The lowest BCUT2D eigenvalue weighted by atomic mass is 10.2. The summed E-state index contributed by atoms with van der Waals surface area (Å²) in [5, 5.41) is 1.97. The zero-order chi connectivity index (χ0) is 24.1. The lowest BCUT2D eigenvalue weighted by molar-refractivity contribution is -0.159. The third-order valence-corrected chi connectivity index (χ3v) is 6.10. The molecule has 2 nitrogen and oxygen atoms in total. The molecule has 0 radical (unpaired) electrons. The molecule has 0 amide bonds. The molecule has 2 aromatic carbocycles. The second-order valence-corrected chi connectivity index (χ2v) is 9.49. The van der Waals surface area contributed by atoms with E-state index in [4.69, 9.17) is 0 Å². The van der Waals surface area contributed by atoms with Crippen LogP contribution in [0.4, 0.5) is 17.6 Å². The molecule has 0 fully saturated rings. The second-order valence-electron chi connectivity index (χ2n) is 7.26. The molecule has 0 unspecified atom stereocenters. The average Bonchev–Trinajstić information content (AvgIpc) is 3.39. The van der Waals surface area contributed by atoms with Crippen molar-refractivity contribution in [2.45, 2.75) is 33.0 Å². The Kier molecular flexibility index (Phi) is 7.81. The van der Waals surface area contributed by atoms with Gasteiger partial charge in [0, 0.05) is 28.5 Å². The highest BCUT2D eigenvalue weighted by Gasteiger charge is 2.23. The predicted octanol–water partition coefficient (Wildman–Crippen LogP) is 9.12. The lowest BCUT2D eigenvalue weighted by Crippen LogP contribution is -2.18. The number of alkyl halides is 4. The van der Waals surface area contributed by atoms with Crippen molar-refractivity contribution in [3.63, 3.8) is 0 Å². The van der Waals surface area contributed by atoms with Crippen molar-refractivity contribution >= 4 is 22.7 Å². The Balaban J connectivity index is 0.000000186. The van der Waals surface area contributed by atoms with Crippen LogP contribution in [0.1, 0.15) is 18.7 Å². The van der Waals surface area contributed by atoms with Crippen LogP contribution in [-0.4, -0.2) is 12.2 Å². The maximum atomic E-state index is 12.6. The monoisotopic (exact) mass is 494 g/mol. The molecule has 2 heterocycles.